The number of aromatic nitrogens is 1. The molecule has 4 nitrogen and oxygen atoms in total. The smallest absolute Gasteiger partial charge is 0.416 e. The number of phenols is 1. The van der Waals surface area contributed by atoms with Crippen molar-refractivity contribution in [1.82, 2.24) is 4.98 Å². The largest absolute Gasteiger partial charge is 0.507 e. The molecule has 2 aromatic carbocycles. The van der Waals surface area contributed by atoms with Gasteiger partial charge in [-0.05, 0) is 68.3 Å². The van der Waals surface area contributed by atoms with Gasteiger partial charge in [-0.1, -0.05) is 0 Å². The average Bonchev–Trinajstić information content (AvgIpc) is 2.98. The number of hydrogen-bond donors (Lipinski definition) is 2. The molecule has 0 bridgehead atoms. The average molecular weight is 376 g/mol. The molecule has 0 spiro atoms. The Morgan fingerprint density at radius 3 is 2.19 bits per heavy atom. The first-order valence-corrected chi connectivity index (χ1v) is 8.33. The van der Waals surface area contributed by atoms with Gasteiger partial charge in [-0.25, -0.2) is 4.98 Å². The number of nitrogens with one attached hydrogen (secondary N) is 1. The Labute approximate surface area is 154 Å². The van der Waals surface area contributed by atoms with Crippen molar-refractivity contribution in [3.05, 3.63) is 64.5 Å². The summed E-state index contributed by atoms with van der Waals surface area (Å²) in [4.78, 5) is 4.31. The molecule has 7 heteroatoms. The van der Waals surface area contributed by atoms with Gasteiger partial charge < -0.3 is 14.8 Å². The third-order valence-corrected chi connectivity index (χ3v) is 4.30. The van der Waals surface area contributed by atoms with Gasteiger partial charge in [0.05, 0.1) is 17.8 Å². The number of oxazole rings is 1. The number of nitrogens with zero attached hydrogens (tertiary/aromatic N) is 1. The molecule has 3 aromatic rings. The third-order valence-electron chi connectivity index (χ3n) is 4.30. The molecule has 0 fully saturated rings. The fourth-order valence-corrected chi connectivity index (χ4v) is 2.76. The molecule has 142 valence electrons. The van der Waals surface area contributed by atoms with Crippen LogP contribution in [0.5, 0.6) is 5.75 Å². The normalized spacial score (nSPS) is 11.6. The quantitative estimate of drug-likeness (QED) is 0.582. The van der Waals surface area contributed by atoms with E-state index >= 15 is 0 Å². The van der Waals surface area contributed by atoms with Crippen molar-refractivity contribution in [3.63, 3.8) is 0 Å². The number of rotatable bonds is 4. The zero-order valence-corrected chi connectivity index (χ0v) is 15.1. The predicted octanol–water partition coefficient (Wildman–Crippen LogP) is 5.60. The van der Waals surface area contributed by atoms with Gasteiger partial charge in [-0.15, -0.1) is 0 Å². The highest BCUT2D eigenvalue weighted by Gasteiger charge is 2.30. The van der Waals surface area contributed by atoms with Crippen LogP contribution in [0.4, 0.5) is 18.9 Å². The Morgan fingerprint density at radius 1 is 1.04 bits per heavy atom. The van der Waals surface area contributed by atoms with Crippen LogP contribution in [-0.4, -0.2) is 10.1 Å². The highest BCUT2D eigenvalue weighted by atomic mass is 19.4. The standard InChI is InChI=1S/C20H19F3N2O2/c1-11-8-16(9-12(2)18(11)26)24-10-17-13(3)25-19(27-17)14-4-6-15(7-5-14)20(21,22)23/h4-9,24,26H,10H2,1-3H3. The number of halogens is 3. The summed E-state index contributed by atoms with van der Waals surface area (Å²) >= 11 is 0. The van der Waals surface area contributed by atoms with Crippen molar-refractivity contribution >= 4 is 5.69 Å². The number of alkyl halides is 3. The highest BCUT2D eigenvalue weighted by Crippen LogP contribution is 2.31. The molecule has 0 unspecified atom stereocenters. The summed E-state index contributed by atoms with van der Waals surface area (Å²) in [5, 5.41) is 13.0. The first kappa shape index (κ1) is 18.8. The molecule has 3 rings (SSSR count). The summed E-state index contributed by atoms with van der Waals surface area (Å²) in [6.07, 6.45) is -4.37. The molecule has 0 saturated heterocycles. The Balaban J connectivity index is 1.77. The van der Waals surface area contributed by atoms with Crippen molar-refractivity contribution in [2.45, 2.75) is 33.5 Å². The maximum absolute atomic E-state index is 12.7. The van der Waals surface area contributed by atoms with E-state index in [2.05, 4.69) is 10.3 Å². The Bertz CT molecular complexity index is 937. The van der Waals surface area contributed by atoms with Crippen molar-refractivity contribution in [1.29, 1.82) is 0 Å². The van der Waals surface area contributed by atoms with E-state index in [4.69, 9.17) is 4.42 Å². The summed E-state index contributed by atoms with van der Waals surface area (Å²) in [6.45, 7) is 5.77. The fraction of sp³-hybridized carbons (Fsp3) is 0.250. The van der Waals surface area contributed by atoms with Crippen molar-refractivity contribution < 1.29 is 22.7 Å². The van der Waals surface area contributed by atoms with Gasteiger partial charge in [0.1, 0.15) is 11.5 Å². The lowest BCUT2D eigenvalue weighted by molar-refractivity contribution is -0.137. The number of aryl methyl sites for hydroxylation is 3. The minimum absolute atomic E-state index is 0.265. The molecule has 0 saturated carbocycles. The van der Waals surface area contributed by atoms with E-state index in [1.165, 1.54) is 12.1 Å². The summed E-state index contributed by atoms with van der Waals surface area (Å²) in [6, 6.07) is 8.36. The third kappa shape index (κ3) is 4.07. The van der Waals surface area contributed by atoms with Crippen LogP contribution in [0.25, 0.3) is 11.5 Å². The van der Waals surface area contributed by atoms with E-state index in [0.717, 1.165) is 28.9 Å². The number of anilines is 1. The van der Waals surface area contributed by atoms with E-state index in [-0.39, 0.29) is 11.6 Å². The Morgan fingerprint density at radius 2 is 1.63 bits per heavy atom. The Kier molecular flexibility index (Phi) is 4.87. The minimum atomic E-state index is -4.37. The van der Waals surface area contributed by atoms with Gasteiger partial charge in [0.2, 0.25) is 5.89 Å². The van der Waals surface area contributed by atoms with Gasteiger partial charge >= 0.3 is 6.18 Å². The monoisotopic (exact) mass is 376 g/mol. The van der Waals surface area contributed by atoms with Gasteiger partial charge in [-0.3, -0.25) is 0 Å². The second kappa shape index (κ2) is 6.98. The molecule has 1 heterocycles. The van der Waals surface area contributed by atoms with E-state index in [1.54, 1.807) is 6.92 Å². The molecule has 2 N–H and O–H groups in total. The van der Waals surface area contributed by atoms with Gasteiger partial charge in [-0.2, -0.15) is 13.2 Å². The Hall–Kier alpha value is -2.96. The molecular weight excluding hydrogens is 357 g/mol. The van der Waals surface area contributed by atoms with Crippen LogP contribution in [0.2, 0.25) is 0 Å². The van der Waals surface area contributed by atoms with E-state index in [0.29, 0.717) is 23.6 Å². The van der Waals surface area contributed by atoms with Crippen LogP contribution in [0.1, 0.15) is 28.1 Å². The molecule has 1 aromatic heterocycles. The van der Waals surface area contributed by atoms with Crippen molar-refractivity contribution in [2.75, 3.05) is 5.32 Å². The second-order valence-corrected chi connectivity index (χ2v) is 6.41. The molecule has 0 atom stereocenters. The van der Waals surface area contributed by atoms with Gasteiger partial charge in [0.25, 0.3) is 0 Å². The highest BCUT2D eigenvalue weighted by molar-refractivity contribution is 5.56. The van der Waals surface area contributed by atoms with Crippen molar-refractivity contribution in [3.8, 4) is 17.2 Å². The minimum Gasteiger partial charge on any atom is -0.507 e. The van der Waals surface area contributed by atoms with Crippen molar-refractivity contribution in [2.24, 2.45) is 0 Å². The first-order valence-electron chi connectivity index (χ1n) is 8.33. The zero-order valence-electron chi connectivity index (χ0n) is 15.1. The molecule has 0 radical (unpaired) electrons. The maximum atomic E-state index is 12.7. The summed E-state index contributed by atoms with van der Waals surface area (Å²) in [7, 11) is 0. The lowest BCUT2D eigenvalue weighted by atomic mass is 10.1. The summed E-state index contributed by atoms with van der Waals surface area (Å²) in [5.41, 5.74) is 2.77. The fourth-order valence-electron chi connectivity index (χ4n) is 2.76. The maximum Gasteiger partial charge on any atom is 0.416 e. The van der Waals surface area contributed by atoms with E-state index in [9.17, 15) is 18.3 Å². The van der Waals surface area contributed by atoms with Crippen LogP contribution in [0, 0.1) is 20.8 Å². The zero-order chi connectivity index (χ0) is 19.8. The summed E-state index contributed by atoms with van der Waals surface area (Å²) < 4.78 is 43.7. The lowest BCUT2D eigenvalue weighted by Crippen LogP contribution is -2.03. The number of hydrogen-bond acceptors (Lipinski definition) is 4. The summed E-state index contributed by atoms with van der Waals surface area (Å²) in [5.74, 6) is 1.13. The van der Waals surface area contributed by atoms with Gasteiger partial charge in [0.15, 0.2) is 0 Å². The number of benzene rings is 2. The van der Waals surface area contributed by atoms with Crippen LogP contribution < -0.4 is 5.32 Å². The molecule has 0 amide bonds. The molecule has 27 heavy (non-hydrogen) atoms. The van der Waals surface area contributed by atoms with E-state index < -0.39 is 11.7 Å². The molecule has 0 aliphatic heterocycles. The lowest BCUT2D eigenvalue weighted by Gasteiger charge is -2.09. The predicted molar refractivity (Wildman–Crippen MR) is 96.6 cm³/mol. The first-order chi connectivity index (χ1) is 12.6. The van der Waals surface area contributed by atoms with Crippen LogP contribution >= 0.6 is 0 Å². The number of phenolic OH excluding ortho intramolecular Hbond substituents is 1. The van der Waals surface area contributed by atoms with E-state index in [1.807, 2.05) is 26.0 Å². The second-order valence-electron chi connectivity index (χ2n) is 6.41. The number of aromatic hydroxyl groups is 1. The van der Waals surface area contributed by atoms with Gasteiger partial charge in [0, 0.05) is 11.3 Å². The SMILES string of the molecule is Cc1cc(NCc2oc(-c3ccc(C(F)(F)F)cc3)nc2C)cc(C)c1O. The topological polar surface area (TPSA) is 58.3 Å². The molecule has 0 aliphatic rings. The molecular formula is C20H19F3N2O2. The van der Waals surface area contributed by atoms with Crippen LogP contribution in [0.15, 0.2) is 40.8 Å². The molecule has 0 aliphatic carbocycles. The van der Waals surface area contributed by atoms with Crippen LogP contribution in [-0.2, 0) is 12.7 Å². The van der Waals surface area contributed by atoms with Crippen LogP contribution in [0.3, 0.4) is 0 Å².